The summed E-state index contributed by atoms with van der Waals surface area (Å²) in [5, 5.41) is 3.57. The molecule has 1 fully saturated rings. The molecule has 2 heterocycles. The van der Waals surface area contributed by atoms with Crippen LogP contribution in [-0.2, 0) is 0 Å². The van der Waals surface area contributed by atoms with Crippen molar-refractivity contribution in [3.05, 3.63) is 12.5 Å². The second kappa shape index (κ2) is 3.79. The first-order valence-corrected chi connectivity index (χ1v) is 4.55. The maximum absolute atomic E-state index is 5.50. The lowest BCUT2D eigenvalue weighted by Crippen LogP contribution is -2.17. The number of nitrogens with zero attached hydrogens (tertiary/aromatic N) is 2. The Morgan fingerprint density at radius 3 is 3.31 bits per heavy atom. The first kappa shape index (κ1) is 8.56. The zero-order valence-corrected chi connectivity index (χ0v) is 7.77. The summed E-state index contributed by atoms with van der Waals surface area (Å²) in [5.74, 6) is 1.38. The predicted molar refractivity (Wildman–Crippen MR) is 47.6 cm³/mol. The summed E-state index contributed by atoms with van der Waals surface area (Å²) in [6, 6.07) is 0. The molecule has 13 heavy (non-hydrogen) atoms. The van der Waals surface area contributed by atoms with E-state index in [9.17, 15) is 0 Å². The third kappa shape index (κ3) is 2.21. The highest BCUT2D eigenvalue weighted by Crippen LogP contribution is 2.16. The van der Waals surface area contributed by atoms with Gasteiger partial charge in [0.25, 0.3) is 0 Å². The summed E-state index contributed by atoms with van der Waals surface area (Å²) >= 11 is 0. The number of ether oxygens (including phenoxy) is 1. The molecule has 1 unspecified atom stereocenters. The lowest BCUT2D eigenvalue weighted by molar-refractivity contribution is 0.247. The van der Waals surface area contributed by atoms with Crippen molar-refractivity contribution in [3.8, 4) is 5.75 Å². The van der Waals surface area contributed by atoms with Gasteiger partial charge in [-0.15, -0.1) is 0 Å². The van der Waals surface area contributed by atoms with Crippen LogP contribution in [0.4, 0.5) is 0 Å². The average Bonchev–Trinajstić information content (AvgIpc) is 2.71. The highest BCUT2D eigenvalue weighted by atomic mass is 16.5. The van der Waals surface area contributed by atoms with E-state index in [-0.39, 0.29) is 0 Å². The van der Waals surface area contributed by atoms with Crippen LogP contribution in [0.25, 0.3) is 0 Å². The molecule has 1 saturated heterocycles. The Bertz CT molecular complexity index is 248. The SMILES string of the molecule is CN1CCC(COc2cnoc2)C1. The number of aromatic nitrogens is 1. The number of rotatable bonds is 3. The predicted octanol–water partition coefficient (Wildman–Crippen LogP) is 1.01. The molecule has 72 valence electrons. The molecule has 1 aliphatic heterocycles. The van der Waals surface area contributed by atoms with Crippen molar-refractivity contribution in [1.29, 1.82) is 0 Å². The van der Waals surface area contributed by atoms with E-state index in [1.54, 1.807) is 6.20 Å². The first-order valence-electron chi connectivity index (χ1n) is 4.55. The van der Waals surface area contributed by atoms with Gasteiger partial charge in [-0.25, -0.2) is 0 Å². The fourth-order valence-electron chi connectivity index (χ4n) is 1.64. The fourth-order valence-corrected chi connectivity index (χ4v) is 1.64. The van der Waals surface area contributed by atoms with Gasteiger partial charge in [0.15, 0.2) is 12.0 Å². The Balaban J connectivity index is 1.74. The van der Waals surface area contributed by atoms with Gasteiger partial charge in [0.1, 0.15) is 6.20 Å². The Labute approximate surface area is 77.5 Å². The van der Waals surface area contributed by atoms with Crippen molar-refractivity contribution in [2.24, 2.45) is 5.92 Å². The Morgan fingerprint density at radius 1 is 1.77 bits per heavy atom. The molecule has 0 aromatic carbocycles. The van der Waals surface area contributed by atoms with Gasteiger partial charge >= 0.3 is 0 Å². The van der Waals surface area contributed by atoms with Crippen LogP contribution in [0.5, 0.6) is 5.75 Å². The summed E-state index contributed by atoms with van der Waals surface area (Å²) in [6.45, 7) is 3.08. The molecule has 0 bridgehead atoms. The van der Waals surface area contributed by atoms with Crippen LogP contribution in [0.15, 0.2) is 17.0 Å². The Kier molecular flexibility index (Phi) is 2.49. The normalized spacial score (nSPS) is 23.6. The van der Waals surface area contributed by atoms with Gasteiger partial charge in [-0.05, 0) is 20.0 Å². The molecule has 1 aromatic heterocycles. The summed E-state index contributed by atoms with van der Waals surface area (Å²) in [5.41, 5.74) is 0. The van der Waals surface area contributed by atoms with Crippen molar-refractivity contribution in [2.45, 2.75) is 6.42 Å². The van der Waals surface area contributed by atoms with Crippen molar-refractivity contribution in [1.82, 2.24) is 10.1 Å². The monoisotopic (exact) mass is 182 g/mol. The molecule has 1 aromatic rings. The van der Waals surface area contributed by atoms with E-state index in [0.29, 0.717) is 5.92 Å². The topological polar surface area (TPSA) is 38.5 Å². The third-order valence-corrected chi connectivity index (χ3v) is 2.38. The van der Waals surface area contributed by atoms with E-state index in [1.165, 1.54) is 19.2 Å². The number of likely N-dealkylation sites (tertiary alicyclic amines) is 1. The second-order valence-corrected chi connectivity index (χ2v) is 3.59. The molecule has 1 atom stereocenters. The minimum Gasteiger partial charge on any atom is -0.488 e. The van der Waals surface area contributed by atoms with Gasteiger partial charge in [0.2, 0.25) is 0 Å². The number of hydrogen-bond donors (Lipinski definition) is 0. The van der Waals surface area contributed by atoms with E-state index in [1.807, 2.05) is 0 Å². The minimum absolute atomic E-state index is 0.653. The van der Waals surface area contributed by atoms with E-state index in [4.69, 9.17) is 4.74 Å². The van der Waals surface area contributed by atoms with Gasteiger partial charge in [-0.3, -0.25) is 0 Å². The van der Waals surface area contributed by atoms with Crippen molar-refractivity contribution in [3.63, 3.8) is 0 Å². The van der Waals surface area contributed by atoms with Crippen LogP contribution >= 0.6 is 0 Å². The van der Waals surface area contributed by atoms with Crippen LogP contribution in [0.1, 0.15) is 6.42 Å². The lowest BCUT2D eigenvalue weighted by atomic mass is 10.1. The summed E-state index contributed by atoms with van der Waals surface area (Å²) in [7, 11) is 2.14. The zero-order valence-electron chi connectivity index (χ0n) is 7.77. The van der Waals surface area contributed by atoms with Gasteiger partial charge in [-0.2, -0.15) is 0 Å². The molecule has 0 aliphatic carbocycles. The van der Waals surface area contributed by atoms with E-state index in [0.717, 1.165) is 18.9 Å². The lowest BCUT2D eigenvalue weighted by Gasteiger charge is -2.10. The highest BCUT2D eigenvalue weighted by molar-refractivity contribution is 5.07. The summed E-state index contributed by atoms with van der Waals surface area (Å²) in [4.78, 5) is 2.32. The highest BCUT2D eigenvalue weighted by Gasteiger charge is 2.19. The molecule has 4 heteroatoms. The van der Waals surface area contributed by atoms with E-state index in [2.05, 4.69) is 21.6 Å². The summed E-state index contributed by atoms with van der Waals surface area (Å²) < 4.78 is 10.2. The maximum atomic E-state index is 5.50. The molecular weight excluding hydrogens is 168 g/mol. The molecular formula is C9H14N2O2. The van der Waals surface area contributed by atoms with Gasteiger partial charge in [0, 0.05) is 12.5 Å². The first-order chi connectivity index (χ1) is 6.34. The fraction of sp³-hybridized carbons (Fsp3) is 0.667. The standard InChI is InChI=1S/C9H14N2O2/c1-11-3-2-8(5-11)6-12-9-4-10-13-7-9/h4,7-8H,2-3,5-6H2,1H3. The van der Waals surface area contributed by atoms with Crippen molar-refractivity contribution < 1.29 is 9.26 Å². The van der Waals surface area contributed by atoms with Crippen LogP contribution in [0.3, 0.4) is 0 Å². The molecule has 0 spiro atoms. The molecule has 0 radical (unpaired) electrons. The van der Waals surface area contributed by atoms with Gasteiger partial charge in [-0.1, -0.05) is 5.16 Å². The smallest absolute Gasteiger partial charge is 0.178 e. The minimum atomic E-state index is 0.653. The van der Waals surface area contributed by atoms with Crippen molar-refractivity contribution >= 4 is 0 Å². The quantitative estimate of drug-likeness (QED) is 0.699. The van der Waals surface area contributed by atoms with Gasteiger partial charge < -0.3 is 14.2 Å². The molecule has 0 amide bonds. The Hall–Kier alpha value is -1.03. The maximum Gasteiger partial charge on any atom is 0.178 e. The van der Waals surface area contributed by atoms with Crippen molar-refractivity contribution in [2.75, 3.05) is 26.7 Å². The molecule has 2 rings (SSSR count). The molecule has 4 nitrogen and oxygen atoms in total. The van der Waals surface area contributed by atoms with Gasteiger partial charge in [0.05, 0.1) is 6.61 Å². The van der Waals surface area contributed by atoms with Crippen LogP contribution in [0, 0.1) is 5.92 Å². The van der Waals surface area contributed by atoms with Crippen LogP contribution in [-0.4, -0.2) is 36.8 Å². The van der Waals surface area contributed by atoms with Crippen LogP contribution in [0.2, 0.25) is 0 Å². The average molecular weight is 182 g/mol. The van der Waals surface area contributed by atoms with E-state index >= 15 is 0 Å². The van der Waals surface area contributed by atoms with E-state index < -0.39 is 0 Å². The zero-order chi connectivity index (χ0) is 9.10. The molecule has 1 aliphatic rings. The molecule has 0 N–H and O–H groups in total. The molecule has 0 saturated carbocycles. The third-order valence-electron chi connectivity index (χ3n) is 2.38. The summed E-state index contributed by atoms with van der Waals surface area (Å²) in [6.07, 6.45) is 4.35. The Morgan fingerprint density at radius 2 is 2.69 bits per heavy atom. The van der Waals surface area contributed by atoms with Crippen LogP contribution < -0.4 is 4.74 Å². The number of hydrogen-bond acceptors (Lipinski definition) is 4. The largest absolute Gasteiger partial charge is 0.488 e. The second-order valence-electron chi connectivity index (χ2n) is 3.59.